The van der Waals surface area contributed by atoms with Crippen LogP contribution in [-0.2, 0) is 5.60 Å². The molecule has 0 aliphatic heterocycles. The van der Waals surface area contributed by atoms with Gasteiger partial charge < -0.3 is 14.6 Å². The van der Waals surface area contributed by atoms with Crippen molar-refractivity contribution in [2.75, 3.05) is 14.2 Å². The Bertz CT molecular complexity index is 399. The second-order valence-electron chi connectivity index (χ2n) is 4.05. The van der Waals surface area contributed by atoms with Crippen LogP contribution >= 0.6 is 0 Å². The summed E-state index contributed by atoms with van der Waals surface area (Å²) in [6, 6.07) is 3.18. The molecule has 0 atom stereocenters. The summed E-state index contributed by atoms with van der Waals surface area (Å²) in [6.45, 7) is 0. The van der Waals surface area contributed by atoms with Gasteiger partial charge in [0.2, 0.25) is 0 Å². The molecule has 0 radical (unpaired) electrons. The van der Waals surface area contributed by atoms with Gasteiger partial charge in [0.25, 0.3) is 0 Å². The summed E-state index contributed by atoms with van der Waals surface area (Å²) in [6.07, 6.45) is 2.11. The van der Waals surface area contributed by atoms with E-state index in [0.717, 1.165) is 6.42 Å². The highest BCUT2D eigenvalue weighted by atomic mass is 19.1. The molecule has 88 valence electrons. The van der Waals surface area contributed by atoms with Gasteiger partial charge in [-0.05, 0) is 31.4 Å². The summed E-state index contributed by atoms with van der Waals surface area (Å²) >= 11 is 0. The molecular weight excluding hydrogens is 211 g/mol. The van der Waals surface area contributed by atoms with E-state index < -0.39 is 11.4 Å². The predicted molar refractivity (Wildman–Crippen MR) is 57.3 cm³/mol. The molecule has 1 saturated carbocycles. The number of benzene rings is 1. The van der Waals surface area contributed by atoms with Crippen molar-refractivity contribution < 1.29 is 19.0 Å². The van der Waals surface area contributed by atoms with Gasteiger partial charge in [-0.25, -0.2) is 4.39 Å². The fraction of sp³-hybridized carbons (Fsp3) is 0.500. The Balaban J connectivity index is 2.48. The fourth-order valence-electron chi connectivity index (χ4n) is 2.03. The molecule has 1 fully saturated rings. The van der Waals surface area contributed by atoms with Crippen molar-refractivity contribution in [1.29, 1.82) is 0 Å². The molecule has 1 aliphatic carbocycles. The number of hydrogen-bond acceptors (Lipinski definition) is 3. The van der Waals surface area contributed by atoms with Crippen LogP contribution in [0.1, 0.15) is 24.8 Å². The van der Waals surface area contributed by atoms with Gasteiger partial charge in [0.1, 0.15) is 0 Å². The van der Waals surface area contributed by atoms with E-state index in [1.54, 1.807) is 12.1 Å². The van der Waals surface area contributed by atoms with Crippen molar-refractivity contribution in [3.8, 4) is 11.5 Å². The molecule has 0 spiro atoms. The SMILES string of the molecule is COc1ccc(C2(O)CCC2)c(F)c1OC. The van der Waals surface area contributed by atoms with Crippen LogP contribution in [0.4, 0.5) is 4.39 Å². The van der Waals surface area contributed by atoms with Crippen molar-refractivity contribution in [3.63, 3.8) is 0 Å². The van der Waals surface area contributed by atoms with Crippen LogP contribution in [0, 0.1) is 5.82 Å². The first-order chi connectivity index (χ1) is 7.62. The Kier molecular flexibility index (Phi) is 2.76. The summed E-state index contributed by atoms with van der Waals surface area (Å²) in [5.41, 5.74) is -0.722. The second kappa shape index (κ2) is 3.94. The van der Waals surface area contributed by atoms with Gasteiger partial charge in [0.05, 0.1) is 19.8 Å². The highest BCUT2D eigenvalue weighted by Gasteiger charge is 2.39. The lowest BCUT2D eigenvalue weighted by Crippen LogP contribution is -2.34. The Morgan fingerprint density at radius 2 is 1.94 bits per heavy atom. The molecular formula is C12H15FO3. The third-order valence-electron chi connectivity index (χ3n) is 3.17. The van der Waals surface area contributed by atoms with E-state index in [4.69, 9.17) is 9.47 Å². The summed E-state index contributed by atoms with van der Waals surface area (Å²) in [5, 5.41) is 10.1. The molecule has 1 N–H and O–H groups in total. The predicted octanol–water partition coefficient (Wildman–Crippen LogP) is 2.21. The normalized spacial score (nSPS) is 17.8. The van der Waals surface area contributed by atoms with Crippen LogP contribution in [0.5, 0.6) is 11.5 Å². The molecule has 0 saturated heterocycles. The summed E-state index contributed by atoms with van der Waals surface area (Å²) < 4.78 is 24.0. The van der Waals surface area contributed by atoms with E-state index in [1.807, 2.05) is 0 Å². The number of ether oxygens (including phenoxy) is 2. The van der Waals surface area contributed by atoms with Gasteiger partial charge in [-0.15, -0.1) is 0 Å². The van der Waals surface area contributed by atoms with Gasteiger partial charge in [0.15, 0.2) is 17.3 Å². The average molecular weight is 226 g/mol. The van der Waals surface area contributed by atoms with Crippen molar-refractivity contribution in [3.05, 3.63) is 23.5 Å². The van der Waals surface area contributed by atoms with Crippen LogP contribution in [0.3, 0.4) is 0 Å². The molecule has 2 rings (SSSR count). The Hall–Kier alpha value is -1.29. The lowest BCUT2D eigenvalue weighted by Gasteiger charge is -2.37. The summed E-state index contributed by atoms with van der Waals surface area (Å²) in [7, 11) is 2.84. The Morgan fingerprint density at radius 3 is 2.38 bits per heavy atom. The largest absolute Gasteiger partial charge is 0.493 e. The van der Waals surface area contributed by atoms with Crippen LogP contribution < -0.4 is 9.47 Å². The van der Waals surface area contributed by atoms with E-state index in [9.17, 15) is 9.50 Å². The number of hydrogen-bond donors (Lipinski definition) is 1. The standard InChI is InChI=1S/C12H15FO3/c1-15-9-5-4-8(10(13)11(9)16-2)12(14)6-3-7-12/h4-5,14H,3,6-7H2,1-2H3. The Morgan fingerprint density at radius 1 is 1.25 bits per heavy atom. The molecule has 1 aromatic carbocycles. The maximum absolute atomic E-state index is 14.1. The minimum Gasteiger partial charge on any atom is -0.493 e. The van der Waals surface area contributed by atoms with E-state index >= 15 is 0 Å². The maximum atomic E-state index is 14.1. The molecule has 4 heteroatoms. The van der Waals surface area contributed by atoms with E-state index in [-0.39, 0.29) is 5.75 Å². The number of aliphatic hydroxyl groups is 1. The first-order valence-electron chi connectivity index (χ1n) is 5.26. The zero-order chi connectivity index (χ0) is 11.8. The van der Waals surface area contributed by atoms with Crippen LogP contribution in [0.15, 0.2) is 12.1 Å². The molecule has 0 unspecified atom stereocenters. The van der Waals surface area contributed by atoms with Crippen molar-refractivity contribution in [1.82, 2.24) is 0 Å². The van der Waals surface area contributed by atoms with Crippen LogP contribution in [0.2, 0.25) is 0 Å². The minimum absolute atomic E-state index is 0.0559. The lowest BCUT2D eigenvalue weighted by molar-refractivity contribution is -0.0419. The van der Waals surface area contributed by atoms with Crippen molar-refractivity contribution >= 4 is 0 Å². The highest BCUT2D eigenvalue weighted by molar-refractivity contribution is 5.46. The van der Waals surface area contributed by atoms with Gasteiger partial charge in [0, 0.05) is 5.56 Å². The lowest BCUT2D eigenvalue weighted by atomic mass is 9.75. The van der Waals surface area contributed by atoms with E-state index in [0.29, 0.717) is 24.2 Å². The molecule has 0 heterocycles. The van der Waals surface area contributed by atoms with Gasteiger partial charge in [-0.1, -0.05) is 0 Å². The maximum Gasteiger partial charge on any atom is 0.197 e. The van der Waals surface area contributed by atoms with E-state index in [1.165, 1.54) is 14.2 Å². The summed E-state index contributed by atoms with van der Waals surface area (Å²) in [4.78, 5) is 0. The Labute approximate surface area is 93.8 Å². The number of methoxy groups -OCH3 is 2. The molecule has 16 heavy (non-hydrogen) atoms. The topological polar surface area (TPSA) is 38.7 Å². The van der Waals surface area contributed by atoms with E-state index in [2.05, 4.69) is 0 Å². The second-order valence-corrected chi connectivity index (χ2v) is 4.05. The number of rotatable bonds is 3. The molecule has 0 bridgehead atoms. The minimum atomic E-state index is -1.02. The molecule has 0 aromatic heterocycles. The van der Waals surface area contributed by atoms with Gasteiger partial charge in [-0.3, -0.25) is 0 Å². The smallest absolute Gasteiger partial charge is 0.197 e. The monoisotopic (exact) mass is 226 g/mol. The van der Waals surface area contributed by atoms with Crippen molar-refractivity contribution in [2.45, 2.75) is 24.9 Å². The molecule has 1 aromatic rings. The summed E-state index contributed by atoms with van der Waals surface area (Å²) in [5.74, 6) is -0.129. The average Bonchev–Trinajstić information content (AvgIpc) is 2.25. The first kappa shape index (κ1) is 11.2. The first-order valence-corrected chi connectivity index (χ1v) is 5.26. The number of halogens is 1. The highest BCUT2D eigenvalue weighted by Crippen LogP contribution is 2.45. The van der Waals surface area contributed by atoms with Crippen LogP contribution in [0.25, 0.3) is 0 Å². The van der Waals surface area contributed by atoms with Gasteiger partial charge in [-0.2, -0.15) is 0 Å². The van der Waals surface area contributed by atoms with Crippen LogP contribution in [-0.4, -0.2) is 19.3 Å². The van der Waals surface area contributed by atoms with Gasteiger partial charge >= 0.3 is 0 Å². The zero-order valence-electron chi connectivity index (χ0n) is 9.42. The third-order valence-corrected chi connectivity index (χ3v) is 3.17. The quantitative estimate of drug-likeness (QED) is 0.858. The molecule has 1 aliphatic rings. The molecule has 3 nitrogen and oxygen atoms in total. The molecule has 0 amide bonds. The van der Waals surface area contributed by atoms with Crippen molar-refractivity contribution in [2.24, 2.45) is 0 Å². The zero-order valence-corrected chi connectivity index (χ0v) is 9.42. The third kappa shape index (κ3) is 1.53. The fourth-order valence-corrected chi connectivity index (χ4v) is 2.03.